The normalized spacial score (nSPS) is 11.0. The van der Waals surface area contributed by atoms with Crippen LogP contribution in [0.2, 0.25) is 0 Å². The number of nitrogens with one attached hydrogen (secondary N) is 1. The van der Waals surface area contributed by atoms with Crippen molar-refractivity contribution in [2.24, 2.45) is 0 Å². The lowest BCUT2D eigenvalue weighted by Gasteiger charge is -2.03. The highest BCUT2D eigenvalue weighted by Gasteiger charge is 2.09. The minimum atomic E-state index is -0.319. The molecule has 0 aliphatic heterocycles. The number of halogens is 1. The van der Waals surface area contributed by atoms with Crippen LogP contribution in [0.4, 0.5) is 4.39 Å². The van der Waals surface area contributed by atoms with Crippen molar-refractivity contribution in [3.63, 3.8) is 0 Å². The molecule has 2 heterocycles. The van der Waals surface area contributed by atoms with Crippen LogP contribution in [-0.4, -0.2) is 11.6 Å². The minimum Gasteiger partial charge on any atom is -0.491 e. The molecule has 0 unspecified atom stereocenters. The number of ether oxygens (including phenoxy) is 1. The van der Waals surface area contributed by atoms with E-state index in [1.807, 2.05) is 24.4 Å². The summed E-state index contributed by atoms with van der Waals surface area (Å²) >= 11 is 1.64. The number of fused-ring (bicyclic) bond motifs is 1. The highest BCUT2D eigenvalue weighted by atomic mass is 32.1. The van der Waals surface area contributed by atoms with Crippen molar-refractivity contribution in [3.8, 4) is 17.0 Å². The topological polar surface area (TPSA) is 25.0 Å². The van der Waals surface area contributed by atoms with Crippen LogP contribution in [0.15, 0.2) is 35.0 Å². The molecular weight excluding hydrogens is 249 g/mol. The Morgan fingerprint density at radius 3 is 2.94 bits per heavy atom. The number of thiophene rings is 1. The maximum atomic E-state index is 13.7. The minimum absolute atomic E-state index is 0.295. The van der Waals surface area contributed by atoms with Crippen LogP contribution in [0, 0.1) is 5.82 Å². The van der Waals surface area contributed by atoms with Crippen molar-refractivity contribution in [3.05, 3.63) is 40.8 Å². The van der Waals surface area contributed by atoms with Gasteiger partial charge >= 0.3 is 0 Å². The van der Waals surface area contributed by atoms with E-state index in [1.54, 1.807) is 17.4 Å². The van der Waals surface area contributed by atoms with E-state index in [0.29, 0.717) is 12.4 Å². The Hall–Kier alpha value is -1.81. The smallest absolute Gasteiger partial charge is 0.165 e. The Morgan fingerprint density at radius 2 is 2.22 bits per heavy atom. The van der Waals surface area contributed by atoms with Gasteiger partial charge in [0.2, 0.25) is 0 Å². The molecule has 3 aromatic rings. The van der Waals surface area contributed by atoms with Gasteiger partial charge in [0.05, 0.1) is 6.61 Å². The van der Waals surface area contributed by atoms with Gasteiger partial charge in [0, 0.05) is 33.6 Å². The fourth-order valence-corrected chi connectivity index (χ4v) is 2.63. The van der Waals surface area contributed by atoms with Crippen LogP contribution in [0.25, 0.3) is 22.2 Å². The van der Waals surface area contributed by atoms with Gasteiger partial charge in [0.25, 0.3) is 0 Å². The summed E-state index contributed by atoms with van der Waals surface area (Å²) in [5.41, 5.74) is 3.01. The van der Waals surface area contributed by atoms with Gasteiger partial charge in [-0.05, 0) is 30.5 Å². The van der Waals surface area contributed by atoms with Crippen LogP contribution in [0.3, 0.4) is 0 Å². The molecule has 0 fully saturated rings. The van der Waals surface area contributed by atoms with Crippen molar-refractivity contribution in [2.45, 2.75) is 6.92 Å². The fraction of sp³-hybridized carbons (Fsp3) is 0.143. The Kier molecular flexibility index (Phi) is 2.80. The first-order valence-corrected chi connectivity index (χ1v) is 6.70. The van der Waals surface area contributed by atoms with Crippen LogP contribution >= 0.6 is 11.3 Å². The lowest BCUT2D eigenvalue weighted by atomic mass is 10.2. The number of rotatable bonds is 3. The molecule has 0 spiro atoms. The Bertz CT molecular complexity index is 672. The van der Waals surface area contributed by atoms with Gasteiger partial charge < -0.3 is 9.72 Å². The molecule has 4 heteroatoms. The van der Waals surface area contributed by atoms with Gasteiger partial charge in [-0.25, -0.2) is 4.39 Å². The highest BCUT2D eigenvalue weighted by Crippen LogP contribution is 2.29. The molecule has 0 bridgehead atoms. The van der Waals surface area contributed by atoms with Gasteiger partial charge in [0.15, 0.2) is 11.6 Å². The lowest BCUT2D eigenvalue weighted by molar-refractivity contribution is 0.322. The highest BCUT2D eigenvalue weighted by molar-refractivity contribution is 7.08. The number of hydrogen-bond donors (Lipinski definition) is 1. The molecule has 2 nitrogen and oxygen atoms in total. The molecule has 1 aromatic carbocycles. The first-order valence-electron chi connectivity index (χ1n) is 5.75. The SMILES string of the molecule is CCOc1cc2[nH]c(-c3ccsc3)cc2cc1F. The van der Waals surface area contributed by atoms with Crippen LogP contribution < -0.4 is 4.74 Å². The van der Waals surface area contributed by atoms with Gasteiger partial charge in [0.1, 0.15) is 0 Å². The van der Waals surface area contributed by atoms with E-state index in [4.69, 9.17) is 4.74 Å². The zero-order valence-corrected chi connectivity index (χ0v) is 10.7. The Morgan fingerprint density at radius 1 is 1.33 bits per heavy atom. The van der Waals surface area contributed by atoms with Crippen molar-refractivity contribution < 1.29 is 9.13 Å². The fourth-order valence-electron chi connectivity index (χ4n) is 1.97. The summed E-state index contributed by atoms with van der Waals surface area (Å²) < 4.78 is 19.0. The summed E-state index contributed by atoms with van der Waals surface area (Å²) in [5.74, 6) is -0.0241. The second kappa shape index (κ2) is 4.46. The number of H-pyrrole nitrogens is 1. The van der Waals surface area contributed by atoms with Crippen molar-refractivity contribution in [1.82, 2.24) is 4.98 Å². The summed E-state index contributed by atoms with van der Waals surface area (Å²) in [5, 5.41) is 4.94. The van der Waals surface area contributed by atoms with Crippen molar-refractivity contribution >= 4 is 22.2 Å². The molecule has 0 atom stereocenters. The van der Waals surface area contributed by atoms with E-state index in [1.165, 1.54) is 6.07 Å². The quantitative estimate of drug-likeness (QED) is 0.741. The molecule has 1 N–H and O–H groups in total. The largest absolute Gasteiger partial charge is 0.491 e. The molecule has 0 amide bonds. The van der Waals surface area contributed by atoms with Gasteiger partial charge in [-0.3, -0.25) is 0 Å². The van der Waals surface area contributed by atoms with Gasteiger partial charge in [-0.15, -0.1) is 0 Å². The van der Waals surface area contributed by atoms with Crippen molar-refractivity contribution in [2.75, 3.05) is 6.61 Å². The molecule has 0 radical (unpaired) electrons. The summed E-state index contributed by atoms with van der Waals surface area (Å²) in [4.78, 5) is 3.28. The average molecular weight is 261 g/mol. The lowest BCUT2D eigenvalue weighted by Crippen LogP contribution is -1.94. The molecule has 0 aliphatic carbocycles. The molecule has 92 valence electrons. The second-order valence-electron chi connectivity index (χ2n) is 4.00. The average Bonchev–Trinajstić information content (AvgIpc) is 2.97. The number of aromatic amines is 1. The third kappa shape index (κ3) is 1.88. The summed E-state index contributed by atoms with van der Waals surface area (Å²) in [6, 6.07) is 7.21. The number of benzene rings is 1. The zero-order valence-electron chi connectivity index (χ0n) is 9.87. The molecule has 2 aromatic heterocycles. The standard InChI is InChI=1S/C14H12FNOS/c1-2-17-14-7-13-10(5-11(14)15)6-12(16-13)9-3-4-18-8-9/h3-8,16H,2H2,1H3. The summed E-state index contributed by atoms with van der Waals surface area (Å²) in [7, 11) is 0. The van der Waals surface area contributed by atoms with Crippen LogP contribution in [0.5, 0.6) is 5.75 Å². The summed E-state index contributed by atoms with van der Waals surface area (Å²) in [6.45, 7) is 2.30. The van der Waals surface area contributed by atoms with E-state index >= 15 is 0 Å². The molecule has 0 saturated heterocycles. The van der Waals surface area contributed by atoms with E-state index in [2.05, 4.69) is 10.4 Å². The molecule has 0 aliphatic rings. The van der Waals surface area contributed by atoms with Gasteiger partial charge in [-0.1, -0.05) is 0 Å². The number of hydrogen-bond acceptors (Lipinski definition) is 2. The maximum Gasteiger partial charge on any atom is 0.165 e. The maximum absolute atomic E-state index is 13.7. The second-order valence-corrected chi connectivity index (χ2v) is 4.78. The van der Waals surface area contributed by atoms with E-state index in [-0.39, 0.29) is 5.82 Å². The predicted molar refractivity (Wildman–Crippen MR) is 72.7 cm³/mol. The summed E-state index contributed by atoms with van der Waals surface area (Å²) in [6.07, 6.45) is 0. The monoisotopic (exact) mass is 261 g/mol. The third-order valence-electron chi connectivity index (χ3n) is 2.81. The Balaban J connectivity index is 2.12. The molecule has 18 heavy (non-hydrogen) atoms. The van der Waals surface area contributed by atoms with Gasteiger partial charge in [-0.2, -0.15) is 11.3 Å². The third-order valence-corrected chi connectivity index (χ3v) is 3.49. The van der Waals surface area contributed by atoms with E-state index < -0.39 is 0 Å². The first-order chi connectivity index (χ1) is 8.78. The van der Waals surface area contributed by atoms with E-state index in [0.717, 1.165) is 22.2 Å². The molecule has 3 rings (SSSR count). The zero-order chi connectivity index (χ0) is 12.5. The van der Waals surface area contributed by atoms with Crippen LogP contribution in [0.1, 0.15) is 6.92 Å². The van der Waals surface area contributed by atoms with Crippen LogP contribution in [-0.2, 0) is 0 Å². The van der Waals surface area contributed by atoms with Crippen molar-refractivity contribution in [1.29, 1.82) is 0 Å². The molecule has 0 saturated carbocycles. The first kappa shape index (κ1) is 11.3. The Labute approximate surface area is 108 Å². The number of aromatic nitrogens is 1. The molecular formula is C14H12FNOS. The predicted octanol–water partition coefficient (Wildman–Crippen LogP) is 4.43. The van der Waals surface area contributed by atoms with E-state index in [9.17, 15) is 4.39 Å².